The molecule has 146 heavy (non-hydrogen) atoms. The summed E-state index contributed by atoms with van der Waals surface area (Å²) < 4.78 is 179. The third kappa shape index (κ3) is 36.4. The number of likely N-dealkylation sites (N-methyl/N-ethyl adjacent to an activating group) is 4. The van der Waals surface area contributed by atoms with E-state index in [4.69, 9.17) is 18.9 Å². The predicted molar refractivity (Wildman–Crippen MR) is 550 cm³/mol. The number of hydrogen-bond donors (Lipinski definition) is 0. The van der Waals surface area contributed by atoms with Crippen LogP contribution in [0.25, 0.3) is 0 Å². The standard InChI is InChI=1S/C31H35F3N2O2.3C29H33F3N2O2/c1-23(25-12-10-24(11-13-25)22-36-19-6-7-20-36)30(37)35(2)21-18-29(26-8-4-3-5-9-26)38-28-16-14-27(15-17-28)31(32,33)34;3*1-21(23-12-10-22(11-13-23)20-33(2)3)28(35)34(4)19-18-27(24-8-6-5-7-9-24)36-26-16-14-25(15-17-26)29(30,31)32/h3-5,8-17,23,29H,6-7,18-22H2,1-2H3;3*5-17,21,27H,18-20H2,1-4H3/t;2*21?,27-;/m.10./s1. The first kappa shape index (κ1) is 115. The van der Waals surface area contributed by atoms with Gasteiger partial charge in [-0.2, -0.15) is 52.7 Å². The lowest BCUT2D eigenvalue weighted by Crippen LogP contribution is -2.32. The highest BCUT2D eigenvalue weighted by Crippen LogP contribution is 2.39. The van der Waals surface area contributed by atoms with Crippen molar-refractivity contribution < 1.29 is 90.8 Å². The summed E-state index contributed by atoms with van der Waals surface area (Å²) in [4.78, 5) is 68.0. The van der Waals surface area contributed by atoms with E-state index in [2.05, 4.69) is 31.7 Å². The fourth-order valence-corrected chi connectivity index (χ4v) is 16.9. The number of alkyl halides is 12. The van der Waals surface area contributed by atoms with Crippen LogP contribution in [-0.4, -0.2) is 173 Å². The van der Waals surface area contributed by atoms with E-state index < -0.39 is 71.4 Å². The van der Waals surface area contributed by atoms with E-state index in [1.165, 1.54) is 83.6 Å². The van der Waals surface area contributed by atoms with Crippen LogP contribution < -0.4 is 18.9 Å². The molecule has 0 aliphatic carbocycles. The molecule has 28 heteroatoms. The second-order valence-electron chi connectivity index (χ2n) is 37.9. The predicted octanol–water partition coefficient (Wildman–Crippen LogP) is 26.7. The molecular weight excluding hydrogens is 1890 g/mol. The first-order chi connectivity index (χ1) is 69.3. The maximum absolute atomic E-state index is 13.2. The smallest absolute Gasteiger partial charge is 0.416 e. The minimum absolute atomic E-state index is 0.00305. The first-order valence-corrected chi connectivity index (χ1v) is 48.9. The van der Waals surface area contributed by atoms with Crippen molar-refractivity contribution in [1.82, 2.24) is 39.2 Å². The van der Waals surface area contributed by atoms with Gasteiger partial charge >= 0.3 is 24.7 Å². The van der Waals surface area contributed by atoms with Gasteiger partial charge in [-0.25, -0.2) is 0 Å². The molecule has 1 heterocycles. The van der Waals surface area contributed by atoms with Gasteiger partial charge in [-0.05, 0) is 260 Å². The number of benzene rings is 12. The summed E-state index contributed by atoms with van der Waals surface area (Å²) in [5, 5.41) is 0. The lowest BCUT2D eigenvalue weighted by molar-refractivity contribution is -0.138. The molecule has 1 saturated heterocycles. The van der Waals surface area contributed by atoms with Gasteiger partial charge in [-0.3, -0.25) is 24.1 Å². The zero-order valence-electron chi connectivity index (χ0n) is 85.3. The Balaban J connectivity index is 0.000000200. The van der Waals surface area contributed by atoms with Crippen molar-refractivity contribution >= 4 is 23.6 Å². The number of halogens is 12. The van der Waals surface area contributed by atoms with E-state index in [9.17, 15) is 71.9 Å². The van der Waals surface area contributed by atoms with E-state index in [0.29, 0.717) is 74.9 Å². The molecule has 12 aromatic rings. The molecule has 1 aliphatic rings. The van der Waals surface area contributed by atoms with Gasteiger partial charge in [0.05, 0.1) is 45.9 Å². The molecule has 12 aromatic carbocycles. The van der Waals surface area contributed by atoms with E-state index in [1.807, 2.05) is 276 Å². The number of rotatable bonds is 40. The number of carbonyl (C=O) groups excluding carboxylic acids is 4. The Morgan fingerprint density at radius 2 is 0.438 bits per heavy atom. The third-order valence-electron chi connectivity index (χ3n) is 25.4. The lowest BCUT2D eigenvalue weighted by atomic mass is 9.98. The number of hydrogen-bond acceptors (Lipinski definition) is 12. The van der Waals surface area contributed by atoms with Crippen LogP contribution in [0, 0.1) is 0 Å². The van der Waals surface area contributed by atoms with Gasteiger partial charge in [0.15, 0.2) is 0 Å². The fourth-order valence-electron chi connectivity index (χ4n) is 16.9. The number of carbonyl (C=O) groups is 4. The number of nitrogens with zero attached hydrogens (tertiary/aromatic N) is 8. The van der Waals surface area contributed by atoms with Gasteiger partial charge in [0.2, 0.25) is 23.6 Å². The molecule has 0 radical (unpaired) electrons. The number of ether oxygens (including phenoxy) is 4. The van der Waals surface area contributed by atoms with Crippen molar-refractivity contribution in [1.29, 1.82) is 0 Å². The second kappa shape index (κ2) is 54.8. The largest absolute Gasteiger partial charge is 0.486 e. The van der Waals surface area contributed by atoms with Crippen molar-refractivity contribution in [3.63, 3.8) is 0 Å². The molecule has 16 nitrogen and oxygen atoms in total. The van der Waals surface area contributed by atoms with Crippen molar-refractivity contribution in [2.24, 2.45) is 0 Å². The van der Waals surface area contributed by atoms with Crippen molar-refractivity contribution in [3.05, 3.63) is 404 Å². The van der Waals surface area contributed by atoms with Crippen LogP contribution >= 0.6 is 0 Å². The Bertz CT molecular complexity index is 5480. The molecule has 778 valence electrons. The molecule has 1 fully saturated rings. The Morgan fingerprint density at radius 3 is 0.616 bits per heavy atom. The molecule has 0 bridgehead atoms. The molecule has 0 N–H and O–H groups in total. The summed E-state index contributed by atoms with van der Waals surface area (Å²) in [7, 11) is 19.1. The Morgan fingerprint density at radius 1 is 0.253 bits per heavy atom. The van der Waals surface area contributed by atoms with Gasteiger partial charge in [0.25, 0.3) is 0 Å². The Kier molecular flexibility index (Phi) is 43.0. The van der Waals surface area contributed by atoms with Gasteiger partial charge in [-0.1, -0.05) is 218 Å². The number of amides is 4. The van der Waals surface area contributed by atoms with E-state index in [-0.39, 0.29) is 47.3 Å². The van der Waals surface area contributed by atoms with E-state index >= 15 is 0 Å². The monoisotopic (exact) mass is 2020 g/mol. The maximum Gasteiger partial charge on any atom is 0.416 e. The number of likely N-dealkylation sites (tertiary alicyclic amines) is 1. The van der Waals surface area contributed by atoms with E-state index in [1.54, 1.807) is 47.8 Å². The molecule has 13 rings (SSSR count). The normalized spacial score (nSPS) is 14.0. The van der Waals surface area contributed by atoms with Crippen LogP contribution in [0.5, 0.6) is 23.0 Å². The summed E-state index contributed by atoms with van der Waals surface area (Å²) in [6, 6.07) is 89.3. The van der Waals surface area contributed by atoms with Gasteiger partial charge in [-0.15, -0.1) is 0 Å². The Hall–Kier alpha value is -13.3. The molecule has 6 unspecified atom stereocenters. The molecule has 8 atom stereocenters. The van der Waals surface area contributed by atoms with Crippen LogP contribution in [0.1, 0.15) is 203 Å². The molecule has 0 aromatic heterocycles. The van der Waals surface area contributed by atoms with Crippen molar-refractivity contribution in [2.75, 3.05) is 110 Å². The minimum atomic E-state index is -4.40. The molecule has 0 spiro atoms. The summed E-state index contributed by atoms with van der Waals surface area (Å²) in [6.07, 6.45) is -14.8. The quantitative estimate of drug-likeness (QED) is 0.0339. The SMILES string of the molecule is CC(C(=O)N(C)CCC(Oc1ccc(C(F)(F)F)cc1)c1ccccc1)c1ccc(CN(C)C)cc1.CC(C(=O)N(C)CCC(Oc1ccc(C(F)(F)F)cc1)c1ccccc1)c1ccc(CN2CCCC2)cc1.CC(C(=O)N(C)CC[C@@H](Oc1ccc(C(F)(F)F)cc1)c1ccccc1)c1ccc(CN(C)C)cc1.CC(C(=O)N(C)CC[C@H](Oc1ccc(C(F)(F)F)cc1)c1ccccc1)c1ccc(CN(C)C)cc1. The zero-order valence-corrected chi connectivity index (χ0v) is 85.3. The van der Waals surface area contributed by atoms with Crippen molar-refractivity contribution in [2.45, 2.75) is 165 Å². The highest BCUT2D eigenvalue weighted by Gasteiger charge is 2.36. The van der Waals surface area contributed by atoms with Gasteiger partial charge < -0.3 is 53.2 Å². The van der Waals surface area contributed by atoms with E-state index in [0.717, 1.165) is 132 Å². The fraction of sp³-hybridized carbons (Fsp3) is 0.356. The molecule has 0 saturated carbocycles. The van der Waals surface area contributed by atoms with Crippen LogP contribution in [0.15, 0.2) is 315 Å². The zero-order chi connectivity index (χ0) is 106. The highest BCUT2D eigenvalue weighted by molar-refractivity contribution is 5.85. The third-order valence-corrected chi connectivity index (χ3v) is 25.4. The molecule has 1 aliphatic heterocycles. The lowest BCUT2D eigenvalue weighted by Gasteiger charge is -2.25. The van der Waals surface area contributed by atoms with Crippen LogP contribution in [0.3, 0.4) is 0 Å². The van der Waals surface area contributed by atoms with Crippen LogP contribution in [-0.2, 0) is 70.1 Å². The Labute approximate surface area is 851 Å². The maximum atomic E-state index is 13.2. The highest BCUT2D eigenvalue weighted by atomic mass is 19.4. The molecular formula is C118H134F12N8O8. The van der Waals surface area contributed by atoms with Gasteiger partial charge in [0.1, 0.15) is 47.4 Å². The summed E-state index contributed by atoms with van der Waals surface area (Å²) in [6.45, 7) is 15.1. The van der Waals surface area contributed by atoms with Crippen molar-refractivity contribution in [3.8, 4) is 23.0 Å². The summed E-state index contributed by atoms with van der Waals surface area (Å²) in [5.74, 6) is 0.211. The topological polar surface area (TPSA) is 131 Å². The van der Waals surface area contributed by atoms with Crippen LogP contribution in [0.2, 0.25) is 0 Å². The van der Waals surface area contributed by atoms with Crippen LogP contribution in [0.4, 0.5) is 52.7 Å². The molecule has 4 amide bonds. The average Bonchev–Trinajstić information content (AvgIpc) is 0.901. The summed E-state index contributed by atoms with van der Waals surface area (Å²) >= 11 is 0. The second-order valence-corrected chi connectivity index (χ2v) is 37.9. The first-order valence-electron chi connectivity index (χ1n) is 48.9. The minimum Gasteiger partial charge on any atom is -0.486 e. The average molecular weight is 2020 g/mol. The summed E-state index contributed by atoms with van der Waals surface area (Å²) in [5.41, 5.74) is 9.34. The van der Waals surface area contributed by atoms with Gasteiger partial charge in [0, 0.05) is 106 Å².